The maximum Gasteiger partial charge on any atom is 0.322 e. The Morgan fingerprint density at radius 3 is 2.60 bits per heavy atom. The van der Waals surface area contributed by atoms with Gasteiger partial charge in [-0.2, -0.15) is 0 Å². The average Bonchev–Trinajstić information content (AvgIpc) is 2.99. The van der Waals surface area contributed by atoms with Crippen molar-refractivity contribution in [3.8, 4) is 11.5 Å². The van der Waals surface area contributed by atoms with E-state index in [-0.39, 0.29) is 4.32 Å². The van der Waals surface area contributed by atoms with Crippen LogP contribution in [0.4, 0.5) is 0 Å². The Bertz CT molecular complexity index is 1020. The highest BCUT2D eigenvalue weighted by molar-refractivity contribution is 8.26. The molecule has 2 amide bonds. The van der Waals surface area contributed by atoms with E-state index in [1.54, 1.807) is 12.1 Å². The Morgan fingerprint density at radius 1 is 1.20 bits per heavy atom. The molecular weight excluding hydrogens is 424 g/mol. The predicted octanol–water partition coefficient (Wildman–Crippen LogP) is 3.27. The summed E-state index contributed by atoms with van der Waals surface area (Å²) in [5.74, 6) is -0.849. The van der Waals surface area contributed by atoms with Gasteiger partial charge in [0.25, 0.3) is 5.91 Å². The number of carboxylic acids is 1. The number of ether oxygens (including phenoxy) is 1. The minimum absolute atomic E-state index is 0.237. The van der Waals surface area contributed by atoms with Crippen LogP contribution in [0.15, 0.2) is 59.5 Å². The van der Waals surface area contributed by atoms with Gasteiger partial charge >= 0.3 is 5.97 Å². The number of amides is 2. The molecule has 1 saturated heterocycles. The number of thioether (sulfide) groups is 1. The van der Waals surface area contributed by atoms with Crippen molar-refractivity contribution in [3.05, 3.63) is 65.1 Å². The van der Waals surface area contributed by atoms with Crippen molar-refractivity contribution < 1.29 is 24.2 Å². The third-order valence-electron chi connectivity index (χ3n) is 4.14. The van der Waals surface area contributed by atoms with Crippen molar-refractivity contribution in [2.24, 2.45) is 0 Å². The second-order valence-corrected chi connectivity index (χ2v) is 8.00. The number of para-hydroxylation sites is 1. The van der Waals surface area contributed by atoms with Gasteiger partial charge in [0.1, 0.15) is 28.4 Å². The van der Waals surface area contributed by atoms with Gasteiger partial charge in [0.2, 0.25) is 5.91 Å². The van der Waals surface area contributed by atoms with Gasteiger partial charge in [-0.05, 0) is 42.8 Å². The first kappa shape index (κ1) is 21.5. The Balaban J connectivity index is 1.74. The van der Waals surface area contributed by atoms with E-state index in [1.807, 2.05) is 48.5 Å². The van der Waals surface area contributed by atoms with Crippen LogP contribution in [0.25, 0.3) is 6.08 Å². The van der Waals surface area contributed by atoms with Crippen molar-refractivity contribution in [2.45, 2.75) is 13.0 Å². The summed E-state index contributed by atoms with van der Waals surface area (Å²) >= 11 is 6.35. The maximum atomic E-state index is 12.8. The van der Waals surface area contributed by atoms with E-state index >= 15 is 0 Å². The van der Waals surface area contributed by atoms with Crippen LogP contribution in [0.2, 0.25) is 0 Å². The van der Waals surface area contributed by atoms with Crippen LogP contribution >= 0.6 is 24.0 Å². The predicted molar refractivity (Wildman–Crippen MR) is 118 cm³/mol. The first-order valence-electron chi connectivity index (χ1n) is 8.94. The first-order valence-corrected chi connectivity index (χ1v) is 10.2. The summed E-state index contributed by atoms with van der Waals surface area (Å²) in [6.07, 6.45) is 1.68. The standard InChI is InChI=1S/C21H18N2O5S2/c1-13(19(26)22-12-18(24)25)23-20(27)17(30-21(23)29)11-14-6-5-9-16(10-14)28-15-7-3-2-4-8-15/h2-11,13H,12H2,1H3,(H,22,26)(H,24,25)/b17-11-. The molecular formula is C21H18N2O5S2. The quantitative estimate of drug-likeness (QED) is 0.502. The van der Waals surface area contributed by atoms with Crippen molar-refractivity contribution in [2.75, 3.05) is 6.54 Å². The number of benzene rings is 2. The van der Waals surface area contributed by atoms with Crippen molar-refractivity contribution in [1.82, 2.24) is 10.2 Å². The summed E-state index contributed by atoms with van der Waals surface area (Å²) < 4.78 is 6.05. The van der Waals surface area contributed by atoms with Gasteiger partial charge in [-0.1, -0.05) is 54.3 Å². The first-order chi connectivity index (χ1) is 14.3. The topological polar surface area (TPSA) is 95.9 Å². The van der Waals surface area contributed by atoms with Crippen molar-refractivity contribution in [3.63, 3.8) is 0 Å². The van der Waals surface area contributed by atoms with Crippen LogP contribution in [0, 0.1) is 0 Å². The van der Waals surface area contributed by atoms with Gasteiger partial charge in [-0.15, -0.1) is 0 Å². The fourth-order valence-corrected chi connectivity index (χ4v) is 4.10. The molecule has 1 aliphatic heterocycles. The summed E-state index contributed by atoms with van der Waals surface area (Å²) in [7, 11) is 0. The van der Waals surface area contributed by atoms with Crippen molar-refractivity contribution in [1.29, 1.82) is 0 Å². The summed E-state index contributed by atoms with van der Waals surface area (Å²) in [6.45, 7) is 0.973. The molecule has 1 atom stereocenters. The van der Waals surface area contributed by atoms with Crippen molar-refractivity contribution >= 4 is 52.2 Å². The van der Waals surface area contributed by atoms with E-state index in [2.05, 4.69) is 5.32 Å². The second kappa shape index (κ2) is 9.55. The number of thiocarbonyl (C=S) groups is 1. The van der Waals surface area contributed by atoms with E-state index < -0.39 is 30.4 Å². The highest BCUT2D eigenvalue weighted by Gasteiger charge is 2.38. The van der Waals surface area contributed by atoms with Crippen LogP contribution in [0.1, 0.15) is 12.5 Å². The molecule has 154 valence electrons. The molecule has 1 unspecified atom stereocenters. The number of aliphatic carboxylic acids is 1. The van der Waals surface area contributed by atoms with E-state index in [9.17, 15) is 14.4 Å². The Morgan fingerprint density at radius 2 is 1.90 bits per heavy atom. The van der Waals surface area contributed by atoms with Crippen LogP contribution in [0.3, 0.4) is 0 Å². The molecule has 1 aliphatic rings. The lowest BCUT2D eigenvalue weighted by atomic mass is 10.2. The molecule has 30 heavy (non-hydrogen) atoms. The third-order valence-corrected chi connectivity index (χ3v) is 5.47. The molecule has 0 saturated carbocycles. The summed E-state index contributed by atoms with van der Waals surface area (Å²) in [5, 5.41) is 10.9. The molecule has 2 aromatic rings. The monoisotopic (exact) mass is 442 g/mol. The summed E-state index contributed by atoms with van der Waals surface area (Å²) in [6, 6.07) is 15.6. The Labute approximate surface area is 182 Å². The second-order valence-electron chi connectivity index (χ2n) is 6.33. The molecule has 0 bridgehead atoms. The van der Waals surface area contributed by atoms with Gasteiger partial charge in [0.05, 0.1) is 4.91 Å². The fourth-order valence-electron chi connectivity index (χ4n) is 2.69. The largest absolute Gasteiger partial charge is 0.480 e. The number of carbonyl (C=O) groups excluding carboxylic acids is 2. The SMILES string of the molecule is CC(C(=O)NCC(=O)O)N1C(=O)/C(=C/c2cccc(Oc3ccccc3)c2)SC1=S. The van der Waals surface area contributed by atoms with Crippen LogP contribution < -0.4 is 10.1 Å². The number of nitrogens with zero attached hydrogens (tertiary/aromatic N) is 1. The minimum Gasteiger partial charge on any atom is -0.480 e. The number of hydrogen-bond donors (Lipinski definition) is 2. The molecule has 7 nitrogen and oxygen atoms in total. The fraction of sp³-hybridized carbons (Fsp3) is 0.143. The lowest BCUT2D eigenvalue weighted by Crippen LogP contribution is -2.48. The zero-order valence-corrected chi connectivity index (χ0v) is 17.5. The molecule has 1 heterocycles. The third kappa shape index (κ3) is 5.25. The van der Waals surface area contributed by atoms with E-state index in [0.717, 1.165) is 17.3 Å². The number of rotatable bonds is 7. The molecule has 3 rings (SSSR count). The average molecular weight is 443 g/mol. The van der Waals surface area contributed by atoms with Gasteiger partial charge in [-0.3, -0.25) is 19.3 Å². The zero-order valence-electron chi connectivity index (χ0n) is 15.9. The van der Waals surface area contributed by atoms with Gasteiger partial charge < -0.3 is 15.2 Å². The number of carboxylic acid groups (broad SMARTS) is 1. The van der Waals surface area contributed by atoms with Crippen LogP contribution in [-0.2, 0) is 14.4 Å². The molecule has 2 N–H and O–H groups in total. The number of carbonyl (C=O) groups is 3. The van der Waals surface area contributed by atoms with Gasteiger partial charge in [-0.25, -0.2) is 0 Å². The van der Waals surface area contributed by atoms with Crippen LogP contribution in [-0.4, -0.2) is 44.7 Å². The molecule has 1 fully saturated rings. The maximum absolute atomic E-state index is 12.8. The zero-order chi connectivity index (χ0) is 21.7. The Hall–Kier alpha value is -3.17. The lowest BCUT2D eigenvalue weighted by Gasteiger charge is -2.21. The smallest absolute Gasteiger partial charge is 0.322 e. The lowest BCUT2D eigenvalue weighted by molar-refractivity contribution is -0.139. The normalized spacial score (nSPS) is 15.9. The molecule has 2 aromatic carbocycles. The molecule has 0 aliphatic carbocycles. The Kier molecular flexibility index (Phi) is 6.86. The summed E-state index contributed by atoms with van der Waals surface area (Å²) in [4.78, 5) is 37.1. The van der Waals surface area contributed by atoms with E-state index in [4.69, 9.17) is 22.1 Å². The molecule has 9 heteroatoms. The molecule has 0 spiro atoms. The highest BCUT2D eigenvalue weighted by Crippen LogP contribution is 2.34. The highest BCUT2D eigenvalue weighted by atomic mass is 32.2. The van der Waals surface area contributed by atoms with E-state index in [1.165, 1.54) is 11.8 Å². The van der Waals surface area contributed by atoms with E-state index in [0.29, 0.717) is 16.4 Å². The summed E-state index contributed by atoms with van der Waals surface area (Å²) in [5.41, 5.74) is 0.743. The van der Waals surface area contributed by atoms with Gasteiger partial charge in [0, 0.05) is 0 Å². The molecule has 0 aromatic heterocycles. The van der Waals surface area contributed by atoms with Crippen LogP contribution in [0.5, 0.6) is 11.5 Å². The van der Waals surface area contributed by atoms with Gasteiger partial charge in [0.15, 0.2) is 0 Å². The number of hydrogen-bond acceptors (Lipinski definition) is 6. The molecule has 0 radical (unpaired) electrons. The minimum atomic E-state index is -1.17. The number of nitrogens with one attached hydrogen (secondary N) is 1.